The number of rotatable bonds is 2. The predicted molar refractivity (Wildman–Crippen MR) is 64.8 cm³/mol. The van der Waals surface area contributed by atoms with Crippen LogP contribution in [0.5, 0.6) is 0 Å². The Kier molecular flexibility index (Phi) is 2.80. The van der Waals surface area contributed by atoms with Crippen molar-refractivity contribution >= 4 is 5.78 Å². The first-order valence-corrected chi connectivity index (χ1v) is 6.11. The Balaban J connectivity index is 1.88. The minimum Gasteiger partial charge on any atom is -0.468 e. The molecule has 1 aliphatic heterocycles. The molecular weight excluding hydrogens is 230 g/mol. The third-order valence-electron chi connectivity index (χ3n) is 3.53. The maximum Gasteiger partial charge on any atom is 0.139 e. The fourth-order valence-corrected chi connectivity index (χ4v) is 2.46. The van der Waals surface area contributed by atoms with Crippen LogP contribution >= 0.6 is 0 Å². The van der Waals surface area contributed by atoms with E-state index in [-0.39, 0.29) is 23.8 Å². The van der Waals surface area contributed by atoms with Crippen LogP contribution in [0.4, 0.5) is 0 Å². The number of furan rings is 2. The number of hydrogen-bond acceptors (Lipinski definition) is 4. The van der Waals surface area contributed by atoms with Crippen LogP contribution in [0.25, 0.3) is 0 Å². The summed E-state index contributed by atoms with van der Waals surface area (Å²) >= 11 is 0. The molecule has 4 nitrogen and oxygen atoms in total. The molecule has 0 aromatic carbocycles. The zero-order valence-corrected chi connectivity index (χ0v) is 10.1. The van der Waals surface area contributed by atoms with Gasteiger partial charge in [0.2, 0.25) is 0 Å². The Morgan fingerprint density at radius 2 is 1.83 bits per heavy atom. The zero-order chi connectivity index (χ0) is 12.5. The first kappa shape index (κ1) is 11.3. The Bertz CT molecular complexity index is 515. The molecule has 0 amide bonds. The second kappa shape index (κ2) is 4.46. The summed E-state index contributed by atoms with van der Waals surface area (Å²) in [7, 11) is 0. The van der Waals surface area contributed by atoms with Crippen molar-refractivity contribution in [3.05, 3.63) is 48.3 Å². The maximum absolute atomic E-state index is 12.1. The van der Waals surface area contributed by atoms with Gasteiger partial charge in [-0.1, -0.05) is 6.92 Å². The molecule has 0 radical (unpaired) electrons. The van der Waals surface area contributed by atoms with Gasteiger partial charge in [-0.15, -0.1) is 0 Å². The highest BCUT2D eigenvalue weighted by Gasteiger charge is 2.37. The maximum atomic E-state index is 12.1. The van der Waals surface area contributed by atoms with E-state index in [1.807, 2.05) is 31.2 Å². The van der Waals surface area contributed by atoms with Crippen LogP contribution in [0.1, 0.15) is 36.9 Å². The van der Waals surface area contributed by atoms with Crippen LogP contribution in [0, 0.1) is 5.92 Å². The SMILES string of the molecule is C[C@H]1C(=O)C[C@@H](c2ccco2)N[C@H]1c1ccco1. The van der Waals surface area contributed by atoms with E-state index in [4.69, 9.17) is 8.83 Å². The summed E-state index contributed by atoms with van der Waals surface area (Å²) in [5.74, 6) is 1.75. The van der Waals surface area contributed by atoms with Gasteiger partial charge in [0.15, 0.2) is 0 Å². The third-order valence-corrected chi connectivity index (χ3v) is 3.53. The van der Waals surface area contributed by atoms with Gasteiger partial charge in [-0.3, -0.25) is 10.1 Å². The lowest BCUT2D eigenvalue weighted by atomic mass is 9.85. The van der Waals surface area contributed by atoms with Gasteiger partial charge in [-0.2, -0.15) is 0 Å². The van der Waals surface area contributed by atoms with Gasteiger partial charge in [0, 0.05) is 12.3 Å². The second-order valence-corrected chi connectivity index (χ2v) is 4.69. The highest BCUT2D eigenvalue weighted by atomic mass is 16.3. The molecular formula is C14H15NO3. The van der Waals surface area contributed by atoms with Crippen LogP contribution in [0.2, 0.25) is 0 Å². The smallest absolute Gasteiger partial charge is 0.139 e. The van der Waals surface area contributed by atoms with Gasteiger partial charge in [-0.25, -0.2) is 0 Å². The highest BCUT2D eigenvalue weighted by molar-refractivity contribution is 5.83. The summed E-state index contributed by atoms with van der Waals surface area (Å²) < 4.78 is 10.8. The van der Waals surface area contributed by atoms with Crippen LogP contribution in [-0.2, 0) is 4.79 Å². The number of ketones is 1. The second-order valence-electron chi connectivity index (χ2n) is 4.69. The van der Waals surface area contributed by atoms with Gasteiger partial charge in [0.25, 0.3) is 0 Å². The molecule has 0 aliphatic carbocycles. The van der Waals surface area contributed by atoms with E-state index >= 15 is 0 Å². The lowest BCUT2D eigenvalue weighted by molar-refractivity contribution is -0.126. The van der Waals surface area contributed by atoms with Crippen molar-refractivity contribution in [1.82, 2.24) is 5.32 Å². The summed E-state index contributed by atoms with van der Waals surface area (Å²) in [6, 6.07) is 7.30. The van der Waals surface area contributed by atoms with Gasteiger partial charge < -0.3 is 8.83 Å². The van der Waals surface area contributed by atoms with Crippen LogP contribution in [-0.4, -0.2) is 5.78 Å². The largest absolute Gasteiger partial charge is 0.468 e. The van der Waals surface area contributed by atoms with E-state index in [1.165, 1.54) is 0 Å². The molecule has 3 heterocycles. The number of nitrogens with one attached hydrogen (secondary N) is 1. The molecule has 4 heteroatoms. The Hall–Kier alpha value is -1.81. The first-order valence-electron chi connectivity index (χ1n) is 6.11. The average Bonchev–Trinajstić information content (AvgIpc) is 3.03. The number of carbonyl (C=O) groups excluding carboxylic acids is 1. The topological polar surface area (TPSA) is 55.4 Å². The minimum absolute atomic E-state index is 0.0706. The number of carbonyl (C=O) groups is 1. The average molecular weight is 245 g/mol. The highest BCUT2D eigenvalue weighted by Crippen LogP contribution is 2.34. The molecule has 2 aromatic rings. The molecule has 94 valence electrons. The van der Waals surface area contributed by atoms with E-state index in [0.717, 1.165) is 11.5 Å². The molecule has 1 saturated heterocycles. The van der Waals surface area contributed by atoms with Crippen molar-refractivity contribution in [3.8, 4) is 0 Å². The van der Waals surface area contributed by atoms with Gasteiger partial charge in [-0.05, 0) is 24.3 Å². The molecule has 18 heavy (non-hydrogen) atoms. The Morgan fingerprint density at radius 1 is 1.17 bits per heavy atom. The van der Waals surface area contributed by atoms with Crippen LogP contribution in [0.15, 0.2) is 45.6 Å². The summed E-state index contributed by atoms with van der Waals surface area (Å²) in [4.78, 5) is 12.1. The van der Waals surface area contributed by atoms with E-state index in [1.54, 1.807) is 12.5 Å². The molecule has 1 N–H and O–H groups in total. The van der Waals surface area contributed by atoms with E-state index in [9.17, 15) is 4.79 Å². The fraction of sp³-hybridized carbons (Fsp3) is 0.357. The lowest BCUT2D eigenvalue weighted by Gasteiger charge is -2.32. The molecule has 3 atom stereocenters. The summed E-state index contributed by atoms with van der Waals surface area (Å²) in [5.41, 5.74) is 0. The van der Waals surface area contributed by atoms with Crippen molar-refractivity contribution in [3.63, 3.8) is 0 Å². The molecule has 3 rings (SSSR count). The molecule has 0 saturated carbocycles. The molecule has 2 aromatic heterocycles. The van der Waals surface area contributed by atoms with Crippen molar-refractivity contribution in [2.75, 3.05) is 0 Å². The Morgan fingerprint density at radius 3 is 2.44 bits per heavy atom. The molecule has 0 spiro atoms. The van der Waals surface area contributed by atoms with Gasteiger partial charge in [0.1, 0.15) is 17.3 Å². The lowest BCUT2D eigenvalue weighted by Crippen LogP contribution is -2.40. The molecule has 1 fully saturated rings. The third kappa shape index (κ3) is 1.88. The van der Waals surface area contributed by atoms with E-state index < -0.39 is 0 Å². The molecule has 0 unspecified atom stereocenters. The summed E-state index contributed by atoms with van der Waals surface area (Å²) in [5, 5.41) is 3.43. The molecule has 1 aliphatic rings. The zero-order valence-electron chi connectivity index (χ0n) is 10.1. The van der Waals surface area contributed by atoms with E-state index in [2.05, 4.69) is 5.32 Å². The quantitative estimate of drug-likeness (QED) is 0.883. The van der Waals surface area contributed by atoms with Crippen molar-refractivity contribution in [2.45, 2.75) is 25.4 Å². The number of piperidine rings is 1. The van der Waals surface area contributed by atoms with Crippen LogP contribution < -0.4 is 5.32 Å². The standard InChI is InChI=1S/C14H15NO3/c1-9-11(16)8-10(12-4-2-6-17-12)15-14(9)13-5-3-7-18-13/h2-7,9-10,14-15H,8H2,1H3/t9-,10-,14+/m0/s1. The predicted octanol–water partition coefficient (Wildman–Crippen LogP) is 2.85. The Labute approximate surface area is 105 Å². The normalized spacial score (nSPS) is 28.5. The number of hydrogen-bond donors (Lipinski definition) is 1. The van der Waals surface area contributed by atoms with E-state index in [0.29, 0.717) is 6.42 Å². The summed E-state index contributed by atoms with van der Waals surface area (Å²) in [6.07, 6.45) is 3.72. The number of Topliss-reactive ketones (excluding diaryl/α,β-unsaturated/α-hetero) is 1. The monoisotopic (exact) mass is 245 g/mol. The van der Waals surface area contributed by atoms with Crippen LogP contribution in [0.3, 0.4) is 0 Å². The van der Waals surface area contributed by atoms with Crippen molar-refractivity contribution < 1.29 is 13.6 Å². The first-order chi connectivity index (χ1) is 8.75. The minimum atomic E-state index is -0.0867. The summed E-state index contributed by atoms with van der Waals surface area (Å²) in [6.45, 7) is 1.93. The van der Waals surface area contributed by atoms with Gasteiger partial charge in [0.05, 0.1) is 24.6 Å². The van der Waals surface area contributed by atoms with Gasteiger partial charge >= 0.3 is 0 Å². The fourth-order valence-electron chi connectivity index (χ4n) is 2.46. The van der Waals surface area contributed by atoms with Crippen molar-refractivity contribution in [1.29, 1.82) is 0 Å². The van der Waals surface area contributed by atoms with Crippen molar-refractivity contribution in [2.24, 2.45) is 5.92 Å². The molecule has 0 bridgehead atoms.